The molecule has 7 aliphatic carbocycles. The Labute approximate surface area is 709 Å². The van der Waals surface area contributed by atoms with Crippen LogP contribution in [0.2, 0.25) is 0 Å². The fraction of sp³-hybridized carbons (Fsp3) is 0.642. The van der Waals surface area contributed by atoms with Gasteiger partial charge >= 0.3 is 6.09 Å². The summed E-state index contributed by atoms with van der Waals surface area (Å²) in [6.45, 7) is 19.3. The first kappa shape index (κ1) is 86.3. The topological polar surface area (TPSA) is 189 Å². The van der Waals surface area contributed by atoms with E-state index in [1.165, 1.54) is 140 Å². The third-order valence-corrected chi connectivity index (χ3v) is 29.7. The summed E-state index contributed by atoms with van der Waals surface area (Å²) >= 11 is 4.30. The molecule has 6 heterocycles. The molecule has 12 atom stereocenters. The van der Waals surface area contributed by atoms with E-state index in [0.29, 0.717) is 67.7 Å². The van der Waals surface area contributed by atoms with Crippen molar-refractivity contribution >= 4 is 69.0 Å². The monoisotopic (exact) mass is 1780 g/mol. The van der Waals surface area contributed by atoms with Gasteiger partial charge in [-0.15, -0.1) is 0 Å². The highest BCUT2D eigenvalue weighted by molar-refractivity contribution is 14.1. The zero-order valence-electron chi connectivity index (χ0n) is 68.8. The second-order valence-electron chi connectivity index (χ2n) is 35.7. The average molecular weight is 1780 g/mol. The van der Waals surface area contributed by atoms with Gasteiger partial charge in [0.25, 0.3) is 0 Å². The van der Waals surface area contributed by atoms with Crippen molar-refractivity contribution in [2.45, 2.75) is 241 Å². The molecule has 0 spiro atoms. The molecule has 18 rings (SSSR count). The number of halogens is 2. The number of carbonyl (C=O) groups excluding carboxylic acids is 4. The Morgan fingerprint density at radius 2 is 0.877 bits per heavy atom. The van der Waals surface area contributed by atoms with E-state index in [9.17, 15) is 24.3 Å². The summed E-state index contributed by atoms with van der Waals surface area (Å²) in [7, 11) is 3.51. The number of ether oxygens (including phenoxy) is 3. The van der Waals surface area contributed by atoms with Crippen LogP contribution in [0.1, 0.15) is 213 Å². The summed E-state index contributed by atoms with van der Waals surface area (Å²) < 4.78 is 17.3. The van der Waals surface area contributed by atoms with Gasteiger partial charge < -0.3 is 45.9 Å². The van der Waals surface area contributed by atoms with Crippen LogP contribution in [0.15, 0.2) is 103 Å². The molecule has 4 amide bonds. The standard InChI is InChI=1S/C41H49N3O4.C26H39N3O2.C25H37N3O2.2CH3I.CH4/c1-27-38-23-29-16-17-30(47-2)24-36(29)41(27,19-22-43(38)25-28-14-15-28)18-20-42-39(45)37-13-7-8-21-44(37)40(46)48-26-35-33-11-5-3-9-31(33)32-10-4-6-12-34(32)35;1-18-24-15-20-8-9-21(31-2)16-22(20)26(18,11-14-29(24)17-19-6-7-19)10-13-28-25(30)23-5-3-4-12-27-23;1-17-23-14-19-7-8-20(29)15-21(19)25(17,10-13-28(23)16-18-5-6-18)9-12-27-24(30)22-4-2-3-11-26-22;2*1-2;/h3-6,9-12,16-17,24,27-28,35,37-38H,7-8,13-15,18-23,25-26H2,1-2H3,(H,42,45);8-9,16,18-19,23-24,27H,3-7,10-15,17H2,1-2H3,(H,28,30);7-8,15,17-18,22-23,26,29H,2-6,9-14,16H2,1H3,(H,27,30);2*1H3;1H4/t27-,37-,38+,41-;18-,23-,24+,26-;17-,22-,23+,25-;;;/m000.../s1. The Morgan fingerprint density at radius 1 is 0.482 bits per heavy atom. The van der Waals surface area contributed by atoms with Crippen LogP contribution in [0, 0.1) is 35.5 Å². The quantitative estimate of drug-likeness (QED) is 0.0284. The van der Waals surface area contributed by atoms with E-state index in [1.807, 2.05) is 34.1 Å². The second-order valence-corrected chi connectivity index (χ2v) is 35.7. The Bertz CT molecular complexity index is 4020. The van der Waals surface area contributed by atoms with Crippen LogP contribution in [0.4, 0.5) is 4.79 Å². The van der Waals surface area contributed by atoms with Crippen LogP contribution in [-0.4, -0.2) is 194 Å². The van der Waals surface area contributed by atoms with E-state index in [4.69, 9.17) is 14.2 Å². The number of hydrogen-bond donors (Lipinski definition) is 6. The highest BCUT2D eigenvalue weighted by atomic mass is 127. The third-order valence-electron chi connectivity index (χ3n) is 29.7. The summed E-state index contributed by atoms with van der Waals surface area (Å²) in [4.78, 5) is 66.7. The zero-order valence-corrected chi connectivity index (χ0v) is 73.1. The molecule has 9 fully saturated rings. The van der Waals surface area contributed by atoms with E-state index < -0.39 is 6.04 Å². The molecule has 5 aromatic carbocycles. The van der Waals surface area contributed by atoms with Crippen LogP contribution in [0.3, 0.4) is 0 Å². The number of likely N-dealkylation sites (tertiary alicyclic amines) is 4. The van der Waals surface area contributed by atoms with Crippen molar-refractivity contribution in [2.24, 2.45) is 35.5 Å². The van der Waals surface area contributed by atoms with Gasteiger partial charge in [0.05, 0.1) is 26.3 Å². The van der Waals surface area contributed by atoms with E-state index in [2.05, 4.69) is 186 Å². The highest BCUT2D eigenvalue weighted by Gasteiger charge is 2.55. The van der Waals surface area contributed by atoms with E-state index in [-0.39, 0.29) is 72.1 Å². The van der Waals surface area contributed by atoms with Gasteiger partial charge in [0.1, 0.15) is 29.9 Å². The smallest absolute Gasteiger partial charge is 0.410 e. The predicted molar refractivity (Wildman–Crippen MR) is 476 cm³/mol. The lowest BCUT2D eigenvalue weighted by atomic mass is 9.56. The summed E-state index contributed by atoms with van der Waals surface area (Å²) in [5.74, 6) is 6.83. The lowest BCUT2D eigenvalue weighted by Crippen LogP contribution is -2.60. The van der Waals surface area contributed by atoms with Crippen molar-refractivity contribution in [1.29, 1.82) is 0 Å². The Balaban J connectivity index is 0.000000151. The van der Waals surface area contributed by atoms with Gasteiger partial charge in [-0.25, -0.2) is 4.79 Å². The Hall–Kier alpha value is -5.56. The number of phenols is 1. The molecule has 0 unspecified atom stereocenters. The summed E-state index contributed by atoms with van der Waals surface area (Å²) in [5.41, 5.74) is 13.5. The molecule has 17 nitrogen and oxygen atoms in total. The molecule has 5 aromatic rings. The van der Waals surface area contributed by atoms with Gasteiger partial charge in [-0.2, -0.15) is 0 Å². The lowest BCUT2D eigenvalue weighted by molar-refractivity contribution is -0.127. The minimum absolute atomic E-state index is 0. The molecule has 13 aliphatic rings. The molecule has 0 aromatic heterocycles. The van der Waals surface area contributed by atoms with Crippen LogP contribution >= 0.6 is 45.2 Å². The first-order valence-electron chi connectivity index (χ1n) is 43.7. The van der Waals surface area contributed by atoms with Crippen molar-refractivity contribution in [2.75, 3.05) is 109 Å². The number of methoxy groups -OCH3 is 2. The molecule has 6 N–H and O–H groups in total. The summed E-state index contributed by atoms with van der Waals surface area (Å²) in [6.07, 6.45) is 26.5. The van der Waals surface area contributed by atoms with E-state index >= 15 is 0 Å². The van der Waals surface area contributed by atoms with Crippen molar-refractivity contribution < 1.29 is 38.5 Å². The maximum Gasteiger partial charge on any atom is 0.410 e. The number of phenolic OH excluding ortho intramolecular Hbond substituents is 1. The zero-order chi connectivity index (χ0) is 79.0. The molecule has 6 bridgehead atoms. The second kappa shape index (κ2) is 39.1. The van der Waals surface area contributed by atoms with Gasteiger partial charge in [-0.1, -0.05) is 153 Å². The van der Waals surface area contributed by atoms with Crippen LogP contribution in [-0.2, 0) is 54.6 Å². The average Bonchev–Trinajstić information content (AvgIpc) is 0.830. The number of alkyl halides is 2. The summed E-state index contributed by atoms with van der Waals surface area (Å²) in [6, 6.07) is 37.3. The fourth-order valence-electron chi connectivity index (χ4n) is 22.7. The first-order valence-corrected chi connectivity index (χ1v) is 48.0. The molecule has 0 radical (unpaired) electrons. The number of carbonyl (C=O) groups is 4. The molecule has 622 valence electrons. The van der Waals surface area contributed by atoms with Crippen LogP contribution < -0.4 is 36.1 Å². The van der Waals surface area contributed by atoms with Crippen molar-refractivity contribution in [3.63, 3.8) is 0 Å². The minimum atomic E-state index is -0.504. The number of nitrogens with zero attached hydrogens (tertiary/aromatic N) is 4. The SMILES string of the molecule is C.CI.CI.COc1ccc2c(c1)[C@@]1(CCNC(=O)[C@@H]3CCCCN3)CCN(CC3CC3)[C@H](C2)[C@@H]1C.COc1ccc2c(c1)[C@@]1(CCNC(=O)[C@@H]3CCCCN3C(=O)OCC3c4ccccc4-c4ccccc43)CCN(CC3CC3)[C@H](C2)[C@@H]1C.C[C@H]1[C@H]2Cc3ccc(O)cc3[C@@]1(CCNC(=O)[C@@H]1CCCCN1)CCN2CC1CC1. The Morgan fingerprint density at radius 3 is 1.28 bits per heavy atom. The van der Waals surface area contributed by atoms with Crippen molar-refractivity contribution in [1.82, 2.24) is 46.2 Å². The van der Waals surface area contributed by atoms with Gasteiger partial charge in [0.2, 0.25) is 17.7 Å². The molecule has 19 heteroatoms. The molecule has 6 aliphatic heterocycles. The predicted octanol–water partition coefficient (Wildman–Crippen LogP) is 15.9. The number of piperidine rings is 6. The van der Waals surface area contributed by atoms with E-state index in [0.717, 1.165) is 152 Å². The molecule has 114 heavy (non-hydrogen) atoms. The van der Waals surface area contributed by atoms with Crippen LogP contribution in [0.5, 0.6) is 17.2 Å². The highest BCUT2D eigenvalue weighted by Crippen LogP contribution is 2.56. The molecule has 3 saturated carbocycles. The molecule has 6 saturated heterocycles. The lowest BCUT2D eigenvalue weighted by Gasteiger charge is -2.56. The maximum absolute atomic E-state index is 13.8. The van der Waals surface area contributed by atoms with Gasteiger partial charge in [-0.3, -0.25) is 34.0 Å². The largest absolute Gasteiger partial charge is 0.508 e. The van der Waals surface area contributed by atoms with Gasteiger partial charge in [0.15, 0.2) is 0 Å². The fourth-order valence-corrected chi connectivity index (χ4v) is 22.7. The molecular formula is C95H135I2N9O8. The van der Waals surface area contributed by atoms with Gasteiger partial charge in [0, 0.05) is 86.1 Å². The maximum atomic E-state index is 13.8. The number of aromatic hydroxyl groups is 1. The van der Waals surface area contributed by atoms with Gasteiger partial charge in [-0.05, 0) is 311 Å². The number of amides is 4. The van der Waals surface area contributed by atoms with Crippen LogP contribution in [0.25, 0.3) is 11.1 Å². The van der Waals surface area contributed by atoms with Crippen molar-refractivity contribution in [3.8, 4) is 28.4 Å². The van der Waals surface area contributed by atoms with Crippen molar-refractivity contribution in [3.05, 3.63) is 148 Å². The number of fused-ring (bicyclic) bond motifs is 15. The first-order chi connectivity index (χ1) is 55.1. The number of rotatable bonds is 22. The normalized spacial score (nSPS) is 29.0. The van der Waals surface area contributed by atoms with E-state index in [1.54, 1.807) is 19.1 Å². The number of hydrogen-bond acceptors (Lipinski definition) is 13. The summed E-state index contributed by atoms with van der Waals surface area (Å²) in [5, 5.41) is 26.8. The third kappa shape index (κ3) is 18.7. The minimum Gasteiger partial charge on any atom is -0.508 e. The molecular weight excluding hydrogens is 1650 g/mol. The number of benzene rings is 5. The Kier molecular flexibility index (Phi) is 29.6. The number of nitrogens with one attached hydrogen (secondary N) is 5.